The molecular weight excluding hydrogens is 178 g/mol. The molecule has 1 rings (SSSR count). The van der Waals surface area contributed by atoms with Crippen molar-refractivity contribution in [1.82, 2.24) is 0 Å². The Balaban J connectivity index is 2.91. The van der Waals surface area contributed by atoms with Gasteiger partial charge in [-0.05, 0) is 43.5 Å². The van der Waals surface area contributed by atoms with Crippen molar-refractivity contribution in [3.8, 4) is 11.5 Å². The van der Waals surface area contributed by atoms with Gasteiger partial charge in [-0.25, -0.2) is 0 Å². The number of methoxy groups -OCH3 is 1. The molecule has 0 saturated heterocycles. The smallest absolute Gasteiger partial charge is 0.161 e. The van der Waals surface area contributed by atoms with Crippen molar-refractivity contribution >= 4 is 0 Å². The first kappa shape index (κ1) is 10.9. The third kappa shape index (κ3) is 2.39. The number of phenolic OH excluding ortho intramolecular Hbond substituents is 1. The maximum absolute atomic E-state index is 9.60. The Hall–Kier alpha value is -1.22. The summed E-state index contributed by atoms with van der Waals surface area (Å²) in [6.45, 7) is 2.55. The van der Waals surface area contributed by atoms with Crippen LogP contribution in [0.25, 0.3) is 0 Å². The van der Waals surface area contributed by atoms with E-state index < -0.39 is 0 Å². The summed E-state index contributed by atoms with van der Waals surface area (Å²) < 4.78 is 5.07. The van der Waals surface area contributed by atoms with E-state index >= 15 is 0 Å². The topological polar surface area (TPSA) is 55.5 Å². The second-order valence-corrected chi connectivity index (χ2v) is 3.36. The standard InChI is InChI=1S/C11H17NO2/c1-8-6-9(4-3-5-12)7-10(14-2)11(8)13/h6-7,13H,3-5,12H2,1-2H3. The molecule has 0 aliphatic carbocycles. The summed E-state index contributed by atoms with van der Waals surface area (Å²) in [6, 6.07) is 3.82. The van der Waals surface area contributed by atoms with Gasteiger partial charge in [0.25, 0.3) is 0 Å². The third-order valence-electron chi connectivity index (χ3n) is 2.21. The van der Waals surface area contributed by atoms with Crippen LogP contribution in [0.3, 0.4) is 0 Å². The SMILES string of the molecule is COc1cc(CCCN)cc(C)c1O. The summed E-state index contributed by atoms with van der Waals surface area (Å²) in [5.41, 5.74) is 7.43. The molecule has 1 aromatic carbocycles. The van der Waals surface area contributed by atoms with Gasteiger partial charge in [0.05, 0.1) is 7.11 Å². The first-order chi connectivity index (χ1) is 6.69. The van der Waals surface area contributed by atoms with E-state index in [-0.39, 0.29) is 5.75 Å². The number of aryl methyl sites for hydroxylation is 2. The highest BCUT2D eigenvalue weighted by Crippen LogP contribution is 2.30. The number of ether oxygens (including phenoxy) is 1. The number of rotatable bonds is 4. The normalized spacial score (nSPS) is 10.2. The van der Waals surface area contributed by atoms with Crippen LogP contribution in [0.4, 0.5) is 0 Å². The van der Waals surface area contributed by atoms with E-state index in [9.17, 15) is 5.11 Å². The van der Waals surface area contributed by atoms with Crippen molar-refractivity contribution in [3.05, 3.63) is 23.3 Å². The van der Waals surface area contributed by atoms with Crippen molar-refractivity contribution in [3.63, 3.8) is 0 Å². The van der Waals surface area contributed by atoms with E-state index in [0.29, 0.717) is 12.3 Å². The van der Waals surface area contributed by atoms with E-state index in [2.05, 4.69) is 0 Å². The molecular formula is C11H17NO2. The molecule has 0 spiro atoms. The van der Waals surface area contributed by atoms with E-state index in [1.807, 2.05) is 19.1 Å². The average Bonchev–Trinajstić information content (AvgIpc) is 2.19. The van der Waals surface area contributed by atoms with Gasteiger partial charge in [-0.15, -0.1) is 0 Å². The first-order valence-corrected chi connectivity index (χ1v) is 4.75. The highest BCUT2D eigenvalue weighted by atomic mass is 16.5. The van der Waals surface area contributed by atoms with E-state index in [0.717, 1.165) is 24.0 Å². The zero-order valence-electron chi connectivity index (χ0n) is 8.71. The van der Waals surface area contributed by atoms with Crippen LogP contribution in [0.5, 0.6) is 11.5 Å². The Kier molecular flexibility index (Phi) is 3.77. The van der Waals surface area contributed by atoms with Gasteiger partial charge in [0.1, 0.15) is 0 Å². The van der Waals surface area contributed by atoms with Crippen LogP contribution >= 0.6 is 0 Å². The molecule has 0 saturated carbocycles. The molecule has 0 amide bonds. The minimum absolute atomic E-state index is 0.226. The molecule has 0 unspecified atom stereocenters. The number of phenols is 1. The van der Waals surface area contributed by atoms with Gasteiger partial charge in [-0.3, -0.25) is 0 Å². The lowest BCUT2D eigenvalue weighted by Gasteiger charge is -2.09. The van der Waals surface area contributed by atoms with Crippen LogP contribution in [0.15, 0.2) is 12.1 Å². The van der Waals surface area contributed by atoms with Crippen LogP contribution in [-0.4, -0.2) is 18.8 Å². The zero-order chi connectivity index (χ0) is 10.6. The number of aromatic hydroxyl groups is 1. The summed E-state index contributed by atoms with van der Waals surface area (Å²) in [5, 5.41) is 9.60. The summed E-state index contributed by atoms with van der Waals surface area (Å²) in [7, 11) is 1.56. The van der Waals surface area contributed by atoms with Crippen LogP contribution in [0.1, 0.15) is 17.5 Å². The quantitative estimate of drug-likeness (QED) is 0.767. The predicted molar refractivity (Wildman–Crippen MR) is 56.8 cm³/mol. The van der Waals surface area contributed by atoms with Gasteiger partial charge in [0.2, 0.25) is 0 Å². The Morgan fingerprint density at radius 1 is 1.43 bits per heavy atom. The molecule has 3 heteroatoms. The van der Waals surface area contributed by atoms with Crippen LogP contribution in [0, 0.1) is 6.92 Å². The Morgan fingerprint density at radius 3 is 2.71 bits per heavy atom. The summed E-state index contributed by atoms with van der Waals surface area (Å²) in [5.74, 6) is 0.765. The lowest BCUT2D eigenvalue weighted by Crippen LogP contribution is -2.00. The molecule has 3 nitrogen and oxygen atoms in total. The Bertz CT molecular complexity index is 310. The third-order valence-corrected chi connectivity index (χ3v) is 2.21. The minimum Gasteiger partial charge on any atom is -0.504 e. The molecule has 14 heavy (non-hydrogen) atoms. The second kappa shape index (κ2) is 4.86. The zero-order valence-corrected chi connectivity index (χ0v) is 8.71. The monoisotopic (exact) mass is 195 g/mol. The maximum atomic E-state index is 9.60. The fourth-order valence-corrected chi connectivity index (χ4v) is 1.43. The van der Waals surface area contributed by atoms with Crippen LogP contribution in [-0.2, 0) is 6.42 Å². The van der Waals surface area contributed by atoms with E-state index in [1.165, 1.54) is 0 Å². The fourth-order valence-electron chi connectivity index (χ4n) is 1.43. The van der Waals surface area contributed by atoms with Crippen molar-refractivity contribution < 1.29 is 9.84 Å². The molecule has 0 fully saturated rings. The lowest BCUT2D eigenvalue weighted by molar-refractivity contribution is 0.371. The number of hydrogen-bond donors (Lipinski definition) is 2. The minimum atomic E-state index is 0.226. The predicted octanol–water partition coefficient (Wildman–Crippen LogP) is 1.60. The van der Waals surface area contributed by atoms with Gasteiger partial charge >= 0.3 is 0 Å². The number of hydrogen-bond acceptors (Lipinski definition) is 3. The molecule has 0 heterocycles. The van der Waals surface area contributed by atoms with Crippen LogP contribution in [0.2, 0.25) is 0 Å². The number of nitrogens with two attached hydrogens (primary N) is 1. The first-order valence-electron chi connectivity index (χ1n) is 4.75. The Labute approximate surface area is 84.5 Å². The summed E-state index contributed by atoms with van der Waals surface area (Å²) in [4.78, 5) is 0. The molecule has 0 bridgehead atoms. The average molecular weight is 195 g/mol. The highest BCUT2D eigenvalue weighted by molar-refractivity contribution is 5.47. The lowest BCUT2D eigenvalue weighted by atomic mass is 10.1. The van der Waals surface area contributed by atoms with Crippen molar-refractivity contribution in [2.45, 2.75) is 19.8 Å². The van der Waals surface area contributed by atoms with Crippen LogP contribution < -0.4 is 10.5 Å². The summed E-state index contributed by atoms with van der Waals surface area (Å²) in [6.07, 6.45) is 1.88. The maximum Gasteiger partial charge on any atom is 0.161 e. The highest BCUT2D eigenvalue weighted by Gasteiger charge is 2.06. The van der Waals surface area contributed by atoms with Gasteiger partial charge in [0, 0.05) is 0 Å². The van der Waals surface area contributed by atoms with Gasteiger partial charge in [-0.2, -0.15) is 0 Å². The molecule has 1 aromatic rings. The van der Waals surface area contributed by atoms with E-state index in [4.69, 9.17) is 10.5 Å². The van der Waals surface area contributed by atoms with Gasteiger partial charge < -0.3 is 15.6 Å². The number of benzene rings is 1. The molecule has 78 valence electrons. The largest absolute Gasteiger partial charge is 0.504 e. The fraction of sp³-hybridized carbons (Fsp3) is 0.455. The van der Waals surface area contributed by atoms with Gasteiger partial charge in [0.15, 0.2) is 11.5 Å². The molecule has 0 radical (unpaired) electrons. The molecule has 0 aliphatic heterocycles. The Morgan fingerprint density at radius 2 is 2.14 bits per heavy atom. The van der Waals surface area contributed by atoms with Crippen molar-refractivity contribution in [1.29, 1.82) is 0 Å². The van der Waals surface area contributed by atoms with Crippen molar-refractivity contribution in [2.24, 2.45) is 5.73 Å². The molecule has 3 N–H and O–H groups in total. The molecule has 0 aliphatic rings. The molecule has 0 atom stereocenters. The van der Waals surface area contributed by atoms with Crippen molar-refractivity contribution in [2.75, 3.05) is 13.7 Å². The van der Waals surface area contributed by atoms with E-state index in [1.54, 1.807) is 7.11 Å². The van der Waals surface area contributed by atoms with Gasteiger partial charge in [-0.1, -0.05) is 6.07 Å². The summed E-state index contributed by atoms with van der Waals surface area (Å²) >= 11 is 0. The second-order valence-electron chi connectivity index (χ2n) is 3.36. The molecule has 0 aromatic heterocycles.